The van der Waals surface area contributed by atoms with Crippen molar-refractivity contribution >= 4 is 28.5 Å². The van der Waals surface area contributed by atoms with E-state index in [9.17, 15) is 0 Å². The summed E-state index contributed by atoms with van der Waals surface area (Å²) in [6, 6.07) is 15.3. The van der Waals surface area contributed by atoms with Crippen molar-refractivity contribution in [3.05, 3.63) is 71.1 Å². The normalized spacial score (nSPS) is 11.0. The summed E-state index contributed by atoms with van der Waals surface area (Å²) in [4.78, 5) is 13.0. The second-order valence-corrected chi connectivity index (χ2v) is 6.07. The van der Waals surface area contributed by atoms with E-state index in [1.54, 1.807) is 6.20 Å². The van der Waals surface area contributed by atoms with Crippen LogP contribution in [0.3, 0.4) is 0 Å². The number of hydrogen-bond donors (Lipinski definition) is 1. The molecule has 25 heavy (non-hydrogen) atoms. The number of oxazole rings is 1. The van der Waals surface area contributed by atoms with Gasteiger partial charge in [0, 0.05) is 17.5 Å². The first-order valence-corrected chi connectivity index (χ1v) is 8.25. The molecular formula is C19H15ClN4O. The van der Waals surface area contributed by atoms with Gasteiger partial charge in [0.25, 0.3) is 0 Å². The maximum Gasteiger partial charge on any atom is 0.228 e. The quantitative estimate of drug-likeness (QED) is 0.569. The summed E-state index contributed by atoms with van der Waals surface area (Å²) in [5.74, 6) is 0.502. The van der Waals surface area contributed by atoms with Crippen LogP contribution in [0.15, 0.2) is 59.1 Å². The Morgan fingerprint density at radius 3 is 2.80 bits per heavy atom. The molecule has 0 bridgehead atoms. The number of rotatable bonds is 4. The number of pyridine rings is 2. The third-order valence-corrected chi connectivity index (χ3v) is 4.10. The lowest BCUT2D eigenvalue weighted by atomic mass is 10.2. The van der Waals surface area contributed by atoms with E-state index in [4.69, 9.17) is 16.0 Å². The number of nitrogens with zero attached hydrogens (tertiary/aromatic N) is 3. The number of hydrogen-bond acceptors (Lipinski definition) is 5. The minimum atomic E-state index is 0.502. The van der Waals surface area contributed by atoms with Gasteiger partial charge in [-0.1, -0.05) is 17.7 Å². The van der Waals surface area contributed by atoms with Crippen molar-refractivity contribution in [2.24, 2.45) is 0 Å². The zero-order chi connectivity index (χ0) is 17.2. The Kier molecular flexibility index (Phi) is 4.07. The van der Waals surface area contributed by atoms with Crippen molar-refractivity contribution < 1.29 is 4.42 Å². The summed E-state index contributed by atoms with van der Waals surface area (Å²) >= 11 is 6.41. The van der Waals surface area contributed by atoms with Gasteiger partial charge in [0.1, 0.15) is 0 Å². The highest BCUT2D eigenvalue weighted by Crippen LogP contribution is 2.30. The highest BCUT2D eigenvalue weighted by molar-refractivity contribution is 6.33. The molecule has 5 nitrogen and oxygen atoms in total. The first-order chi connectivity index (χ1) is 12.2. The van der Waals surface area contributed by atoms with E-state index >= 15 is 0 Å². The lowest BCUT2D eigenvalue weighted by Gasteiger charge is -2.09. The molecule has 124 valence electrons. The average Bonchev–Trinajstić information content (AvgIpc) is 3.05. The van der Waals surface area contributed by atoms with E-state index in [1.807, 2.05) is 55.5 Å². The van der Waals surface area contributed by atoms with Crippen molar-refractivity contribution in [1.82, 2.24) is 15.0 Å². The summed E-state index contributed by atoms with van der Waals surface area (Å²) in [6.07, 6.45) is 1.69. The highest BCUT2D eigenvalue weighted by Gasteiger charge is 2.11. The predicted octanol–water partition coefficient (Wildman–Crippen LogP) is 4.86. The van der Waals surface area contributed by atoms with Crippen LogP contribution in [0.5, 0.6) is 0 Å². The number of halogens is 1. The molecule has 0 amide bonds. The molecule has 1 aromatic carbocycles. The number of benzene rings is 1. The molecular weight excluding hydrogens is 336 g/mol. The lowest BCUT2D eigenvalue weighted by Crippen LogP contribution is -2.02. The van der Waals surface area contributed by atoms with Crippen LogP contribution in [0.2, 0.25) is 5.02 Å². The Hall–Kier alpha value is -2.92. The minimum absolute atomic E-state index is 0.502. The Balaban J connectivity index is 1.56. The monoisotopic (exact) mass is 350 g/mol. The zero-order valence-corrected chi connectivity index (χ0v) is 14.3. The Labute approximate surface area is 149 Å². The molecule has 0 aliphatic rings. The molecule has 0 aliphatic carbocycles. The number of nitrogens with one attached hydrogen (secondary N) is 1. The van der Waals surface area contributed by atoms with Gasteiger partial charge in [-0.15, -0.1) is 0 Å². The summed E-state index contributed by atoms with van der Waals surface area (Å²) in [5.41, 5.74) is 4.84. The Morgan fingerprint density at radius 2 is 2.00 bits per heavy atom. The number of aromatic nitrogens is 3. The first-order valence-electron chi connectivity index (χ1n) is 7.87. The summed E-state index contributed by atoms with van der Waals surface area (Å²) in [5, 5.41) is 3.90. The molecule has 0 unspecified atom stereocenters. The van der Waals surface area contributed by atoms with Crippen LogP contribution in [-0.4, -0.2) is 15.0 Å². The fraction of sp³-hybridized carbons (Fsp3) is 0.105. The van der Waals surface area contributed by atoms with Gasteiger partial charge in [0.05, 0.1) is 22.9 Å². The van der Waals surface area contributed by atoms with Crippen molar-refractivity contribution in [2.45, 2.75) is 13.5 Å². The van der Waals surface area contributed by atoms with Crippen molar-refractivity contribution in [2.75, 3.05) is 5.32 Å². The molecule has 3 aromatic heterocycles. The molecule has 0 aliphatic heterocycles. The third-order valence-electron chi connectivity index (χ3n) is 3.79. The summed E-state index contributed by atoms with van der Waals surface area (Å²) < 4.78 is 5.73. The van der Waals surface area contributed by atoms with Gasteiger partial charge in [-0.25, -0.2) is 4.98 Å². The van der Waals surface area contributed by atoms with Crippen molar-refractivity contribution in [3.8, 4) is 11.5 Å². The zero-order valence-electron chi connectivity index (χ0n) is 13.5. The fourth-order valence-electron chi connectivity index (χ4n) is 2.57. The maximum atomic E-state index is 6.41. The average molecular weight is 351 g/mol. The van der Waals surface area contributed by atoms with E-state index in [1.165, 1.54) is 0 Å². The van der Waals surface area contributed by atoms with Crippen molar-refractivity contribution in [1.29, 1.82) is 0 Å². The number of anilines is 1. The smallest absolute Gasteiger partial charge is 0.228 e. The van der Waals surface area contributed by atoms with Gasteiger partial charge >= 0.3 is 0 Å². The van der Waals surface area contributed by atoms with Crippen LogP contribution < -0.4 is 5.32 Å². The van der Waals surface area contributed by atoms with Crippen molar-refractivity contribution in [3.63, 3.8) is 0 Å². The number of fused-ring (bicyclic) bond motifs is 1. The minimum Gasteiger partial charge on any atom is -0.434 e. The molecule has 0 atom stereocenters. The van der Waals surface area contributed by atoms with Crippen LogP contribution in [0, 0.1) is 6.92 Å². The first kappa shape index (κ1) is 15.6. The van der Waals surface area contributed by atoms with E-state index in [0.29, 0.717) is 28.7 Å². The number of aryl methyl sites for hydroxylation is 1. The lowest BCUT2D eigenvalue weighted by molar-refractivity contribution is 0.619. The molecule has 0 saturated heterocycles. The van der Waals surface area contributed by atoms with Crippen LogP contribution in [0.4, 0.5) is 5.69 Å². The molecule has 4 aromatic rings. The topological polar surface area (TPSA) is 63.8 Å². The highest BCUT2D eigenvalue weighted by atomic mass is 35.5. The van der Waals surface area contributed by atoms with Gasteiger partial charge < -0.3 is 9.73 Å². The van der Waals surface area contributed by atoms with Gasteiger partial charge in [-0.05, 0) is 49.4 Å². The predicted molar refractivity (Wildman–Crippen MR) is 98.6 cm³/mol. The molecule has 6 heteroatoms. The largest absolute Gasteiger partial charge is 0.434 e. The van der Waals surface area contributed by atoms with Gasteiger partial charge in [-0.3, -0.25) is 4.98 Å². The SMILES string of the molecule is Cc1cccc(CNc2ccc(-c3nc4ncccc4o3)cc2Cl)n1. The molecule has 0 spiro atoms. The van der Waals surface area contributed by atoms with Crippen LogP contribution in [0.25, 0.3) is 22.7 Å². The van der Waals surface area contributed by atoms with Crippen LogP contribution >= 0.6 is 11.6 Å². The molecule has 4 rings (SSSR count). The summed E-state index contributed by atoms with van der Waals surface area (Å²) in [7, 11) is 0. The molecule has 0 radical (unpaired) electrons. The van der Waals surface area contributed by atoms with Crippen LogP contribution in [0.1, 0.15) is 11.4 Å². The maximum absolute atomic E-state index is 6.41. The van der Waals surface area contributed by atoms with Crippen LogP contribution in [-0.2, 0) is 6.54 Å². The standard InChI is InChI=1S/C19H15ClN4O/c1-12-4-2-5-14(23-12)11-22-16-8-7-13(10-15(16)20)19-24-18-17(25-19)6-3-9-21-18/h2-10,22H,11H2,1H3. The summed E-state index contributed by atoms with van der Waals surface area (Å²) in [6.45, 7) is 2.58. The molecule has 0 fully saturated rings. The van der Waals surface area contributed by atoms with Gasteiger partial charge in [-0.2, -0.15) is 4.98 Å². The molecule has 3 heterocycles. The van der Waals surface area contributed by atoms with E-state index < -0.39 is 0 Å². The second kappa shape index (κ2) is 6.53. The van der Waals surface area contributed by atoms with Gasteiger partial charge in [0.15, 0.2) is 11.2 Å². The molecule has 0 saturated carbocycles. The fourth-order valence-corrected chi connectivity index (χ4v) is 2.82. The van der Waals surface area contributed by atoms with E-state index in [-0.39, 0.29) is 0 Å². The van der Waals surface area contributed by atoms with Gasteiger partial charge in [0.2, 0.25) is 5.89 Å². The van der Waals surface area contributed by atoms with E-state index in [0.717, 1.165) is 22.6 Å². The Morgan fingerprint density at radius 1 is 1.08 bits per heavy atom. The third kappa shape index (κ3) is 3.32. The second-order valence-electron chi connectivity index (χ2n) is 5.66. The molecule has 1 N–H and O–H groups in total. The van der Waals surface area contributed by atoms with E-state index in [2.05, 4.69) is 20.3 Å². The Bertz CT molecular complexity index is 1010.